The number of aromatic nitrogens is 1. The number of nitriles is 1. The van der Waals surface area contributed by atoms with E-state index in [-0.39, 0.29) is 25.6 Å². The van der Waals surface area contributed by atoms with E-state index in [0.29, 0.717) is 22.6 Å². The number of ether oxygens (including phenoxy) is 2. The number of aliphatic hydroxyl groups excluding tert-OH is 1. The van der Waals surface area contributed by atoms with E-state index in [0.717, 1.165) is 22.6 Å². The average molecular weight is 434 g/mol. The van der Waals surface area contributed by atoms with Gasteiger partial charge < -0.3 is 24.0 Å². The number of carbonyl (C=O) groups is 1. The zero-order valence-corrected chi connectivity index (χ0v) is 18.8. The van der Waals surface area contributed by atoms with Crippen molar-refractivity contribution in [3.05, 3.63) is 76.6 Å². The lowest BCUT2D eigenvalue weighted by molar-refractivity contribution is 0.0705. The van der Waals surface area contributed by atoms with Crippen molar-refractivity contribution in [3.8, 4) is 23.3 Å². The van der Waals surface area contributed by atoms with Gasteiger partial charge in [0.25, 0.3) is 5.91 Å². The highest BCUT2D eigenvalue weighted by Crippen LogP contribution is 2.27. The number of aryl methyl sites for hydroxylation is 1. The Labute approximate surface area is 188 Å². The van der Waals surface area contributed by atoms with Gasteiger partial charge in [0.15, 0.2) is 0 Å². The number of benzene rings is 2. The van der Waals surface area contributed by atoms with Crippen LogP contribution in [0.25, 0.3) is 5.69 Å². The number of nitrogens with zero attached hydrogens (tertiary/aromatic N) is 3. The number of aliphatic hydroxyl groups is 1. The molecule has 0 saturated carbocycles. The Morgan fingerprint density at radius 3 is 2.41 bits per heavy atom. The molecule has 0 fully saturated rings. The minimum Gasteiger partial charge on any atom is -0.497 e. The number of hydrogen-bond acceptors (Lipinski definition) is 5. The molecule has 1 N–H and O–H groups in total. The predicted molar refractivity (Wildman–Crippen MR) is 121 cm³/mol. The summed E-state index contributed by atoms with van der Waals surface area (Å²) >= 11 is 0. The maximum Gasteiger partial charge on any atom is 0.256 e. The van der Waals surface area contributed by atoms with Crippen LogP contribution in [0, 0.1) is 25.2 Å². The molecule has 0 radical (unpaired) electrons. The Balaban J connectivity index is 1.96. The van der Waals surface area contributed by atoms with Gasteiger partial charge in [0.1, 0.15) is 11.5 Å². The maximum atomic E-state index is 13.5. The second-order valence-corrected chi connectivity index (χ2v) is 7.41. The Bertz CT molecular complexity index is 1140. The Kier molecular flexibility index (Phi) is 7.18. The van der Waals surface area contributed by atoms with Gasteiger partial charge in [-0.25, -0.2) is 0 Å². The Morgan fingerprint density at radius 1 is 1.09 bits per heavy atom. The molecule has 166 valence electrons. The molecule has 32 heavy (non-hydrogen) atoms. The quantitative estimate of drug-likeness (QED) is 0.586. The predicted octanol–water partition coefficient (Wildman–Crippen LogP) is 3.62. The summed E-state index contributed by atoms with van der Waals surface area (Å²) in [4.78, 5) is 15.1. The van der Waals surface area contributed by atoms with Crippen LogP contribution in [0.5, 0.6) is 11.5 Å². The SMILES string of the molecule is COc1ccc(OC)c(CN(CCO)C(=O)c2cc(C)n(-c3ccc(C#N)cc3)c2C)c1. The van der Waals surface area contributed by atoms with E-state index in [2.05, 4.69) is 6.07 Å². The van der Waals surface area contributed by atoms with E-state index in [1.807, 2.05) is 42.7 Å². The summed E-state index contributed by atoms with van der Waals surface area (Å²) in [5.74, 6) is 1.12. The molecule has 0 atom stereocenters. The highest BCUT2D eigenvalue weighted by atomic mass is 16.5. The summed E-state index contributed by atoms with van der Waals surface area (Å²) in [5.41, 5.74) is 4.49. The van der Waals surface area contributed by atoms with Crippen LogP contribution in [0.1, 0.15) is 32.9 Å². The van der Waals surface area contributed by atoms with Crippen LogP contribution in [0.3, 0.4) is 0 Å². The highest BCUT2D eigenvalue weighted by Gasteiger charge is 2.23. The molecule has 0 aliphatic rings. The second-order valence-electron chi connectivity index (χ2n) is 7.41. The first-order valence-electron chi connectivity index (χ1n) is 10.2. The normalized spacial score (nSPS) is 10.5. The fourth-order valence-electron chi connectivity index (χ4n) is 3.82. The van der Waals surface area contributed by atoms with Crippen LogP contribution in [-0.4, -0.2) is 47.9 Å². The van der Waals surface area contributed by atoms with Crippen LogP contribution < -0.4 is 9.47 Å². The van der Waals surface area contributed by atoms with E-state index in [4.69, 9.17) is 14.7 Å². The van der Waals surface area contributed by atoms with Crippen molar-refractivity contribution in [3.63, 3.8) is 0 Å². The molecule has 0 bridgehead atoms. The van der Waals surface area contributed by atoms with Gasteiger partial charge in [-0.3, -0.25) is 4.79 Å². The lowest BCUT2D eigenvalue weighted by atomic mass is 10.1. The molecular formula is C25H27N3O4. The van der Waals surface area contributed by atoms with Crippen LogP contribution in [0.4, 0.5) is 0 Å². The van der Waals surface area contributed by atoms with Gasteiger partial charge >= 0.3 is 0 Å². The number of carbonyl (C=O) groups excluding carboxylic acids is 1. The molecule has 1 heterocycles. The molecule has 0 saturated heterocycles. The first-order valence-corrected chi connectivity index (χ1v) is 10.2. The highest BCUT2D eigenvalue weighted by molar-refractivity contribution is 5.96. The molecule has 3 aromatic rings. The summed E-state index contributed by atoms with van der Waals surface area (Å²) in [5, 5.41) is 18.7. The summed E-state index contributed by atoms with van der Waals surface area (Å²) < 4.78 is 12.7. The second kappa shape index (κ2) is 10.0. The van der Waals surface area contributed by atoms with E-state index < -0.39 is 0 Å². The number of rotatable bonds is 8. The van der Waals surface area contributed by atoms with Gasteiger partial charge in [-0.05, 0) is 62.4 Å². The van der Waals surface area contributed by atoms with E-state index in [9.17, 15) is 9.90 Å². The van der Waals surface area contributed by atoms with Crippen LogP contribution in [0.15, 0.2) is 48.5 Å². The Hall–Kier alpha value is -3.76. The van der Waals surface area contributed by atoms with Crippen LogP contribution >= 0.6 is 0 Å². The van der Waals surface area contributed by atoms with Gasteiger partial charge in [-0.1, -0.05) is 0 Å². The van der Waals surface area contributed by atoms with Crippen molar-refractivity contribution in [2.24, 2.45) is 0 Å². The molecule has 0 aliphatic carbocycles. The van der Waals surface area contributed by atoms with Crippen molar-refractivity contribution in [2.45, 2.75) is 20.4 Å². The fraction of sp³-hybridized carbons (Fsp3) is 0.280. The molecule has 0 aliphatic heterocycles. The van der Waals surface area contributed by atoms with Crippen molar-refractivity contribution in [1.29, 1.82) is 5.26 Å². The van der Waals surface area contributed by atoms with Gasteiger partial charge in [0.2, 0.25) is 0 Å². The lowest BCUT2D eigenvalue weighted by Gasteiger charge is -2.23. The number of hydrogen-bond donors (Lipinski definition) is 1. The van der Waals surface area contributed by atoms with Gasteiger partial charge in [-0.15, -0.1) is 0 Å². The van der Waals surface area contributed by atoms with Crippen LogP contribution in [0.2, 0.25) is 0 Å². The van der Waals surface area contributed by atoms with E-state index in [1.54, 1.807) is 43.4 Å². The molecule has 1 aromatic heterocycles. The van der Waals surface area contributed by atoms with Gasteiger partial charge in [0, 0.05) is 35.7 Å². The minimum atomic E-state index is -0.183. The standard InChI is InChI=1S/C25H27N3O4/c1-17-13-23(18(2)28(17)21-7-5-19(15-26)6-8-21)25(30)27(11-12-29)16-20-14-22(31-3)9-10-24(20)32-4/h5-10,13-14,29H,11-12,16H2,1-4H3. The third-order valence-electron chi connectivity index (χ3n) is 5.42. The van der Waals surface area contributed by atoms with Crippen molar-refractivity contribution in [2.75, 3.05) is 27.4 Å². The largest absolute Gasteiger partial charge is 0.497 e. The van der Waals surface area contributed by atoms with Crippen molar-refractivity contribution in [1.82, 2.24) is 9.47 Å². The molecule has 0 unspecified atom stereocenters. The molecule has 3 rings (SSSR count). The summed E-state index contributed by atoms with van der Waals surface area (Å²) in [6.07, 6.45) is 0. The minimum absolute atomic E-state index is 0.160. The lowest BCUT2D eigenvalue weighted by Crippen LogP contribution is -2.33. The van der Waals surface area contributed by atoms with E-state index >= 15 is 0 Å². The van der Waals surface area contributed by atoms with Crippen molar-refractivity contribution >= 4 is 5.91 Å². The fourth-order valence-corrected chi connectivity index (χ4v) is 3.82. The third-order valence-corrected chi connectivity index (χ3v) is 5.42. The van der Waals surface area contributed by atoms with Crippen LogP contribution in [-0.2, 0) is 6.54 Å². The first kappa shape index (κ1) is 22.9. The summed E-state index contributed by atoms with van der Waals surface area (Å²) in [6.45, 7) is 4.11. The third kappa shape index (κ3) is 4.61. The van der Waals surface area contributed by atoms with E-state index in [1.165, 1.54) is 0 Å². The average Bonchev–Trinajstić information content (AvgIpc) is 3.11. The maximum absolute atomic E-state index is 13.5. The molecule has 2 aromatic carbocycles. The molecule has 1 amide bonds. The topological polar surface area (TPSA) is 87.7 Å². The summed E-state index contributed by atoms with van der Waals surface area (Å²) in [6, 6.07) is 16.6. The number of methoxy groups -OCH3 is 2. The molecule has 7 heteroatoms. The first-order chi connectivity index (χ1) is 15.4. The molecular weight excluding hydrogens is 406 g/mol. The monoisotopic (exact) mass is 433 g/mol. The zero-order chi connectivity index (χ0) is 23.3. The van der Waals surface area contributed by atoms with Crippen molar-refractivity contribution < 1.29 is 19.4 Å². The zero-order valence-electron chi connectivity index (χ0n) is 18.8. The summed E-state index contributed by atoms with van der Waals surface area (Å²) in [7, 11) is 3.16. The smallest absolute Gasteiger partial charge is 0.256 e. The van der Waals surface area contributed by atoms with Gasteiger partial charge in [-0.2, -0.15) is 5.26 Å². The number of amides is 1. The van der Waals surface area contributed by atoms with Gasteiger partial charge in [0.05, 0.1) is 38.0 Å². The molecule has 0 spiro atoms. The Morgan fingerprint density at radius 2 is 1.81 bits per heavy atom. The molecule has 7 nitrogen and oxygen atoms in total.